The van der Waals surface area contributed by atoms with Crippen molar-refractivity contribution in [3.8, 4) is 0 Å². The van der Waals surface area contributed by atoms with Gasteiger partial charge in [-0.05, 0) is 45.6 Å². The van der Waals surface area contributed by atoms with E-state index in [1.807, 2.05) is 38.9 Å². The minimum atomic E-state index is 0. The van der Waals surface area contributed by atoms with Crippen molar-refractivity contribution in [2.24, 2.45) is 7.05 Å². The Bertz CT molecular complexity index is 810. The van der Waals surface area contributed by atoms with Gasteiger partial charge in [-0.3, -0.25) is 9.48 Å². The van der Waals surface area contributed by atoms with Gasteiger partial charge in [-0.15, -0.1) is 24.8 Å². The van der Waals surface area contributed by atoms with E-state index in [9.17, 15) is 4.79 Å². The second-order valence-corrected chi connectivity index (χ2v) is 7.40. The van der Waals surface area contributed by atoms with E-state index in [0.29, 0.717) is 18.1 Å². The van der Waals surface area contributed by atoms with Gasteiger partial charge >= 0.3 is 0 Å². The summed E-state index contributed by atoms with van der Waals surface area (Å²) in [6.45, 7) is 3.88. The maximum Gasteiger partial charge on any atom is 0.254 e. The highest BCUT2D eigenvalue weighted by Gasteiger charge is 2.37. The topological polar surface area (TPSA) is 63.1 Å². The van der Waals surface area contributed by atoms with E-state index in [4.69, 9.17) is 0 Å². The number of nitrogens with one attached hydrogen (secondary N) is 1. The number of carbonyl (C=O) groups excluding carboxylic acids is 1. The molecule has 6 nitrogen and oxygen atoms in total. The van der Waals surface area contributed by atoms with Crippen molar-refractivity contribution >= 4 is 41.8 Å². The normalized spacial score (nSPS) is 24.1. The van der Waals surface area contributed by atoms with Crippen LogP contribution in [0.5, 0.6) is 0 Å². The summed E-state index contributed by atoms with van der Waals surface area (Å²) in [6.07, 6.45) is 4.59. The molecule has 1 amide bonds. The Balaban J connectivity index is 0.00000121. The summed E-state index contributed by atoms with van der Waals surface area (Å²) >= 11 is 0. The molecule has 2 atom stereocenters. The van der Waals surface area contributed by atoms with Gasteiger partial charge in [-0.1, -0.05) is 0 Å². The van der Waals surface area contributed by atoms with Crippen molar-refractivity contribution < 1.29 is 4.79 Å². The average Bonchev–Trinajstić information content (AvgIpc) is 3.04. The molecule has 26 heavy (non-hydrogen) atoms. The van der Waals surface area contributed by atoms with Crippen molar-refractivity contribution in [1.29, 1.82) is 0 Å². The van der Waals surface area contributed by atoms with Crippen LogP contribution in [0.1, 0.15) is 47.4 Å². The Morgan fingerprint density at radius 2 is 1.85 bits per heavy atom. The van der Waals surface area contributed by atoms with E-state index in [0.717, 1.165) is 40.8 Å². The molecule has 2 saturated heterocycles. The lowest BCUT2D eigenvalue weighted by molar-refractivity contribution is 0.0683. The molecule has 8 heteroatoms. The van der Waals surface area contributed by atoms with E-state index >= 15 is 0 Å². The van der Waals surface area contributed by atoms with Crippen LogP contribution in [-0.2, 0) is 7.05 Å². The van der Waals surface area contributed by atoms with Gasteiger partial charge in [-0.2, -0.15) is 5.10 Å². The number of rotatable bonds is 2. The van der Waals surface area contributed by atoms with E-state index < -0.39 is 0 Å². The standard InChI is InChI=1S/C18H25N5O.2ClH/c1-10-7-15(16-11(2)21-23(4)17(16)19-10)18(24)22(3)14-8-12-5-6-13(9-14)20-12;;/h7,12-14,20H,5-6,8-9H2,1-4H3;2*1H. The second-order valence-electron chi connectivity index (χ2n) is 7.40. The van der Waals surface area contributed by atoms with Gasteiger partial charge in [0, 0.05) is 37.9 Å². The van der Waals surface area contributed by atoms with Gasteiger partial charge in [-0.25, -0.2) is 4.98 Å². The molecule has 0 aliphatic carbocycles. The predicted octanol–water partition coefficient (Wildman–Crippen LogP) is 2.78. The van der Waals surface area contributed by atoms with E-state index in [1.54, 1.807) is 4.68 Å². The maximum atomic E-state index is 13.2. The first-order valence-corrected chi connectivity index (χ1v) is 8.78. The number of piperidine rings is 1. The number of nitrogens with zero attached hydrogens (tertiary/aromatic N) is 4. The van der Waals surface area contributed by atoms with E-state index in [-0.39, 0.29) is 30.7 Å². The molecule has 1 N–H and O–H groups in total. The van der Waals surface area contributed by atoms with Gasteiger partial charge < -0.3 is 10.2 Å². The van der Waals surface area contributed by atoms with E-state index in [2.05, 4.69) is 15.4 Å². The van der Waals surface area contributed by atoms with Gasteiger partial charge in [0.1, 0.15) is 0 Å². The van der Waals surface area contributed by atoms with Gasteiger partial charge in [0.15, 0.2) is 5.65 Å². The van der Waals surface area contributed by atoms with Gasteiger partial charge in [0.2, 0.25) is 0 Å². The zero-order chi connectivity index (χ0) is 17.0. The number of amides is 1. The molecule has 2 unspecified atom stereocenters. The SMILES string of the molecule is Cc1cc(C(=O)N(C)C2CC3CCC(C2)N3)c2c(C)nn(C)c2n1.Cl.Cl. The summed E-state index contributed by atoms with van der Waals surface area (Å²) in [4.78, 5) is 19.8. The number of pyridine rings is 1. The van der Waals surface area contributed by atoms with Crippen molar-refractivity contribution in [2.45, 2.75) is 57.7 Å². The Labute approximate surface area is 166 Å². The minimum Gasteiger partial charge on any atom is -0.339 e. The molecule has 0 saturated carbocycles. The minimum absolute atomic E-state index is 0. The quantitative estimate of drug-likeness (QED) is 0.842. The highest BCUT2D eigenvalue weighted by Crippen LogP contribution is 2.31. The van der Waals surface area contributed by atoms with Gasteiger partial charge in [0.25, 0.3) is 5.91 Å². The number of halogens is 2. The molecule has 2 aromatic heterocycles. The fourth-order valence-electron chi connectivity index (χ4n) is 4.44. The summed E-state index contributed by atoms with van der Waals surface area (Å²) in [7, 11) is 3.83. The molecule has 0 aromatic carbocycles. The lowest BCUT2D eigenvalue weighted by Gasteiger charge is -2.35. The smallest absolute Gasteiger partial charge is 0.254 e. The summed E-state index contributed by atoms with van der Waals surface area (Å²) in [5, 5.41) is 8.98. The third-order valence-corrected chi connectivity index (χ3v) is 5.64. The number of carbonyl (C=O) groups is 1. The summed E-state index contributed by atoms with van der Waals surface area (Å²) in [5.41, 5.74) is 3.24. The molecule has 2 bridgehead atoms. The molecular formula is C18H27Cl2N5O. The largest absolute Gasteiger partial charge is 0.339 e. The molecule has 4 rings (SSSR count). The van der Waals surface area contributed by atoms with Crippen molar-refractivity contribution in [3.05, 3.63) is 23.0 Å². The molecular weight excluding hydrogens is 373 g/mol. The molecule has 144 valence electrons. The molecule has 2 fully saturated rings. The number of fused-ring (bicyclic) bond motifs is 3. The highest BCUT2D eigenvalue weighted by atomic mass is 35.5. The third-order valence-electron chi connectivity index (χ3n) is 5.64. The van der Waals surface area contributed by atoms with Crippen LogP contribution in [0.25, 0.3) is 11.0 Å². The summed E-state index contributed by atoms with van der Waals surface area (Å²) in [5.74, 6) is 0.0906. The lowest BCUT2D eigenvalue weighted by atomic mass is 9.97. The Hall–Kier alpha value is -1.37. The van der Waals surface area contributed by atoms with Crippen LogP contribution < -0.4 is 5.32 Å². The average molecular weight is 400 g/mol. The van der Waals surface area contributed by atoms with E-state index in [1.165, 1.54) is 12.8 Å². The van der Waals surface area contributed by atoms with Crippen LogP contribution in [0.15, 0.2) is 6.07 Å². The number of hydrogen-bond donors (Lipinski definition) is 1. The first kappa shape index (κ1) is 20.9. The number of aromatic nitrogens is 3. The predicted molar refractivity (Wildman–Crippen MR) is 108 cm³/mol. The third kappa shape index (κ3) is 3.42. The molecule has 2 aliphatic rings. The van der Waals surface area contributed by atoms with Crippen molar-refractivity contribution in [2.75, 3.05) is 7.05 Å². The zero-order valence-corrected chi connectivity index (χ0v) is 17.3. The van der Waals surface area contributed by atoms with Crippen LogP contribution in [0, 0.1) is 13.8 Å². The van der Waals surface area contributed by atoms with Crippen molar-refractivity contribution in [3.63, 3.8) is 0 Å². The number of hydrogen-bond acceptors (Lipinski definition) is 4. The fourth-order valence-corrected chi connectivity index (χ4v) is 4.44. The van der Waals surface area contributed by atoms with Crippen LogP contribution in [-0.4, -0.2) is 50.7 Å². The Kier molecular flexibility index (Phi) is 6.20. The highest BCUT2D eigenvalue weighted by molar-refractivity contribution is 6.06. The molecule has 0 radical (unpaired) electrons. The van der Waals surface area contributed by atoms with Gasteiger partial charge in [0.05, 0.1) is 16.6 Å². The molecule has 0 spiro atoms. The fraction of sp³-hybridized carbons (Fsp3) is 0.611. The lowest BCUT2D eigenvalue weighted by Crippen LogP contribution is -2.48. The second kappa shape index (κ2) is 7.71. The van der Waals surface area contributed by atoms with Crippen molar-refractivity contribution in [1.82, 2.24) is 25.0 Å². The number of aryl methyl sites for hydroxylation is 3. The molecule has 2 aliphatic heterocycles. The van der Waals surface area contributed by atoms with Crippen LogP contribution in [0.2, 0.25) is 0 Å². The van der Waals surface area contributed by atoms with Crippen LogP contribution in [0.3, 0.4) is 0 Å². The first-order valence-electron chi connectivity index (χ1n) is 8.78. The Morgan fingerprint density at radius 1 is 1.23 bits per heavy atom. The van der Waals surface area contributed by atoms with Crippen LogP contribution in [0.4, 0.5) is 0 Å². The monoisotopic (exact) mass is 399 g/mol. The molecule has 4 heterocycles. The summed E-state index contributed by atoms with van der Waals surface area (Å²) < 4.78 is 1.76. The zero-order valence-electron chi connectivity index (χ0n) is 15.7. The molecule has 2 aromatic rings. The summed E-state index contributed by atoms with van der Waals surface area (Å²) in [6, 6.07) is 3.37. The van der Waals surface area contributed by atoms with Crippen LogP contribution >= 0.6 is 24.8 Å². The first-order chi connectivity index (χ1) is 11.4. The Morgan fingerprint density at radius 3 is 2.46 bits per heavy atom. The maximum absolute atomic E-state index is 13.2.